The molecule has 24 heavy (non-hydrogen) atoms. The molecule has 2 rings (SSSR count). The first kappa shape index (κ1) is 19.0. The Bertz CT molecular complexity index is 737. The quantitative estimate of drug-likeness (QED) is 0.273. The molecule has 0 aliphatic rings. The van der Waals surface area contributed by atoms with E-state index in [2.05, 4.69) is 9.56 Å². The average molecular weight is 374 g/mol. The average Bonchev–Trinajstić information content (AvgIpc) is 2.60. The van der Waals surface area contributed by atoms with Crippen molar-refractivity contribution in [3.63, 3.8) is 0 Å². The molecular formula is C14H16O8P2. The van der Waals surface area contributed by atoms with Gasteiger partial charge in [0.15, 0.2) is 0 Å². The summed E-state index contributed by atoms with van der Waals surface area (Å²) >= 11 is 0. The predicted octanol–water partition coefficient (Wildman–Crippen LogP) is 1.29. The topological polar surface area (TPSA) is 123 Å². The largest absolute Gasteiger partial charge is 0.391 e. The van der Waals surface area contributed by atoms with E-state index in [1.54, 1.807) is 12.1 Å². The predicted molar refractivity (Wildman–Crippen MR) is 85.9 cm³/mol. The van der Waals surface area contributed by atoms with Crippen LogP contribution >= 0.6 is 15.2 Å². The molecule has 0 spiro atoms. The van der Waals surface area contributed by atoms with Crippen LogP contribution in [0, 0.1) is 0 Å². The molecule has 2 aromatic rings. The van der Waals surface area contributed by atoms with Gasteiger partial charge in [-0.2, -0.15) is 4.89 Å². The van der Waals surface area contributed by atoms with Gasteiger partial charge in [-0.05, 0) is 24.3 Å². The van der Waals surface area contributed by atoms with Crippen LogP contribution in [-0.4, -0.2) is 27.8 Å². The first-order valence-corrected chi connectivity index (χ1v) is 9.92. The summed E-state index contributed by atoms with van der Waals surface area (Å²) in [5.74, 6) is 0. The van der Waals surface area contributed by atoms with E-state index in [4.69, 9.17) is 4.52 Å². The van der Waals surface area contributed by atoms with Crippen LogP contribution < -0.4 is 10.6 Å². The number of hydrogen-bond donors (Lipinski definition) is 3. The smallest absolute Gasteiger partial charge is 0.385 e. The number of rotatable bonds is 8. The Morgan fingerprint density at radius 1 is 0.833 bits per heavy atom. The summed E-state index contributed by atoms with van der Waals surface area (Å²) in [4.78, 5) is 24.2. The molecule has 0 saturated carbocycles. The standard InChI is InChI=1S/C14H16O8P2/c15-11-14(21-23(16,17)12-7-3-1-4-8-12)20-22-24(18,19)13-9-5-2-6-10-13/h1-10,14-15H,11H2,(H,16,17)(H,18,19). The Hall–Kier alpha value is -1.34. The summed E-state index contributed by atoms with van der Waals surface area (Å²) in [6.07, 6.45) is -1.73. The van der Waals surface area contributed by atoms with E-state index in [0.29, 0.717) is 0 Å². The zero-order valence-electron chi connectivity index (χ0n) is 12.3. The molecule has 0 saturated heterocycles. The van der Waals surface area contributed by atoms with Crippen LogP contribution in [0.2, 0.25) is 0 Å². The fraction of sp³-hybridized carbons (Fsp3) is 0.143. The highest BCUT2D eigenvalue weighted by Crippen LogP contribution is 2.45. The summed E-state index contributed by atoms with van der Waals surface area (Å²) in [6, 6.07) is 14.8. The lowest BCUT2D eigenvalue weighted by atomic mass is 10.4. The van der Waals surface area contributed by atoms with Crippen LogP contribution in [0.5, 0.6) is 0 Å². The van der Waals surface area contributed by atoms with Gasteiger partial charge in [0.05, 0.1) is 17.2 Å². The van der Waals surface area contributed by atoms with E-state index in [1.807, 2.05) is 0 Å². The maximum absolute atomic E-state index is 12.1. The SMILES string of the molecule is O=P(O)(OOC(CO)OP(=O)(O)c1ccccc1)c1ccccc1. The zero-order chi connectivity index (χ0) is 17.6. The van der Waals surface area contributed by atoms with Crippen molar-refractivity contribution in [3.8, 4) is 0 Å². The number of hydrogen-bond acceptors (Lipinski definition) is 6. The molecule has 0 aliphatic heterocycles. The van der Waals surface area contributed by atoms with Gasteiger partial charge in [-0.25, -0.2) is 0 Å². The molecule has 0 radical (unpaired) electrons. The minimum atomic E-state index is -4.33. The monoisotopic (exact) mass is 374 g/mol. The molecule has 2 aromatic carbocycles. The van der Waals surface area contributed by atoms with Gasteiger partial charge in [-0.15, -0.1) is 4.67 Å². The van der Waals surface area contributed by atoms with Gasteiger partial charge < -0.3 is 14.9 Å². The Balaban J connectivity index is 2.02. The van der Waals surface area contributed by atoms with Gasteiger partial charge in [-0.1, -0.05) is 36.4 Å². The molecule has 0 aliphatic carbocycles. The molecule has 130 valence electrons. The third-order valence-corrected chi connectivity index (χ3v) is 5.54. The van der Waals surface area contributed by atoms with Crippen LogP contribution in [0.3, 0.4) is 0 Å². The lowest BCUT2D eigenvalue weighted by Crippen LogP contribution is -2.23. The van der Waals surface area contributed by atoms with Crippen molar-refractivity contribution >= 4 is 25.8 Å². The Labute approximate surface area is 138 Å². The second kappa shape index (κ2) is 8.16. The van der Waals surface area contributed by atoms with Gasteiger partial charge in [0, 0.05) is 0 Å². The van der Waals surface area contributed by atoms with Crippen LogP contribution in [0.25, 0.3) is 0 Å². The van der Waals surface area contributed by atoms with Gasteiger partial charge >= 0.3 is 15.2 Å². The number of aliphatic hydroxyl groups is 1. The first-order chi connectivity index (χ1) is 11.3. The second-order valence-corrected chi connectivity index (χ2v) is 8.07. The zero-order valence-corrected chi connectivity index (χ0v) is 14.1. The van der Waals surface area contributed by atoms with Crippen LogP contribution in [-0.2, 0) is 23.2 Å². The van der Waals surface area contributed by atoms with E-state index in [9.17, 15) is 24.0 Å². The summed E-state index contributed by atoms with van der Waals surface area (Å²) < 4.78 is 33.4. The van der Waals surface area contributed by atoms with Crippen LogP contribution in [0.1, 0.15) is 0 Å². The molecular weight excluding hydrogens is 358 g/mol. The van der Waals surface area contributed by atoms with Crippen molar-refractivity contribution in [1.29, 1.82) is 0 Å². The van der Waals surface area contributed by atoms with Crippen molar-refractivity contribution in [2.24, 2.45) is 0 Å². The van der Waals surface area contributed by atoms with Gasteiger partial charge in [0.25, 0.3) is 0 Å². The van der Waals surface area contributed by atoms with E-state index in [0.717, 1.165) is 0 Å². The summed E-state index contributed by atoms with van der Waals surface area (Å²) in [7, 11) is -8.64. The fourth-order valence-corrected chi connectivity index (χ4v) is 3.62. The highest BCUT2D eigenvalue weighted by Gasteiger charge is 2.31. The Morgan fingerprint density at radius 3 is 1.75 bits per heavy atom. The van der Waals surface area contributed by atoms with Crippen molar-refractivity contribution in [2.75, 3.05) is 6.61 Å². The molecule has 0 bridgehead atoms. The van der Waals surface area contributed by atoms with E-state index in [1.165, 1.54) is 48.5 Å². The third-order valence-electron chi connectivity index (χ3n) is 2.83. The highest BCUT2D eigenvalue weighted by molar-refractivity contribution is 7.61. The normalized spacial score (nSPS) is 17.6. The molecule has 10 heteroatoms. The molecule has 3 unspecified atom stereocenters. The van der Waals surface area contributed by atoms with E-state index in [-0.39, 0.29) is 10.6 Å². The number of benzene rings is 2. The van der Waals surface area contributed by atoms with Crippen molar-refractivity contribution < 1.29 is 38.1 Å². The molecule has 0 fully saturated rings. The number of aliphatic hydroxyl groups excluding tert-OH is 1. The van der Waals surface area contributed by atoms with Crippen molar-refractivity contribution in [3.05, 3.63) is 60.7 Å². The van der Waals surface area contributed by atoms with Crippen LogP contribution in [0.4, 0.5) is 0 Å². The van der Waals surface area contributed by atoms with Gasteiger partial charge in [0.1, 0.15) is 0 Å². The molecule has 3 N–H and O–H groups in total. The minimum absolute atomic E-state index is 0.0257. The Morgan fingerprint density at radius 2 is 1.29 bits per heavy atom. The molecule has 3 atom stereocenters. The summed E-state index contributed by atoms with van der Waals surface area (Å²) in [5.41, 5.74) is 0. The first-order valence-electron chi connectivity index (χ1n) is 6.76. The van der Waals surface area contributed by atoms with Crippen LogP contribution in [0.15, 0.2) is 60.7 Å². The summed E-state index contributed by atoms with van der Waals surface area (Å²) in [6.45, 7) is -0.869. The maximum Gasteiger partial charge on any atom is 0.385 e. The van der Waals surface area contributed by atoms with E-state index >= 15 is 0 Å². The van der Waals surface area contributed by atoms with Crippen molar-refractivity contribution in [1.82, 2.24) is 0 Å². The lowest BCUT2D eigenvalue weighted by molar-refractivity contribution is -0.307. The van der Waals surface area contributed by atoms with E-state index < -0.39 is 28.1 Å². The summed E-state index contributed by atoms with van der Waals surface area (Å²) in [5, 5.41) is 9.10. The molecule has 0 amide bonds. The third kappa shape index (κ3) is 5.08. The van der Waals surface area contributed by atoms with Gasteiger partial charge in [0.2, 0.25) is 6.29 Å². The van der Waals surface area contributed by atoms with Gasteiger partial charge in [-0.3, -0.25) is 13.7 Å². The maximum atomic E-state index is 12.1. The molecule has 8 nitrogen and oxygen atoms in total. The molecule has 0 aromatic heterocycles. The minimum Gasteiger partial charge on any atom is -0.391 e. The highest BCUT2D eigenvalue weighted by atomic mass is 31.2. The molecule has 0 heterocycles. The fourth-order valence-electron chi connectivity index (χ4n) is 1.68. The van der Waals surface area contributed by atoms with Crippen molar-refractivity contribution in [2.45, 2.75) is 6.29 Å². The lowest BCUT2D eigenvalue weighted by Gasteiger charge is -2.20. The Kier molecular flexibility index (Phi) is 6.46. The second-order valence-electron chi connectivity index (χ2n) is 4.60.